The molecule has 6 heteroatoms. The van der Waals surface area contributed by atoms with Gasteiger partial charge in [0.05, 0.1) is 27.8 Å². The summed E-state index contributed by atoms with van der Waals surface area (Å²) in [6, 6.07) is 8.49. The van der Waals surface area contributed by atoms with Gasteiger partial charge in [0.25, 0.3) is 5.56 Å². The van der Waals surface area contributed by atoms with Gasteiger partial charge in [0, 0.05) is 0 Å². The number of nitrogens with zero attached hydrogens (tertiary/aromatic N) is 3. The molecule has 0 spiro atoms. The van der Waals surface area contributed by atoms with Gasteiger partial charge in [0.15, 0.2) is 0 Å². The molecule has 94 valence electrons. The predicted octanol–water partition coefficient (Wildman–Crippen LogP) is 2.02. The SMILES string of the molecule is Nc1ccc(-n2cnc3cccc(Cl)c3c2=O)cn1. The van der Waals surface area contributed by atoms with E-state index < -0.39 is 0 Å². The van der Waals surface area contributed by atoms with Crippen LogP contribution in [0.3, 0.4) is 0 Å². The Kier molecular flexibility index (Phi) is 2.68. The maximum absolute atomic E-state index is 12.4. The van der Waals surface area contributed by atoms with Crippen LogP contribution in [0.2, 0.25) is 5.02 Å². The first-order chi connectivity index (χ1) is 9.16. The van der Waals surface area contributed by atoms with Gasteiger partial charge in [-0.2, -0.15) is 0 Å². The zero-order chi connectivity index (χ0) is 13.4. The fourth-order valence-electron chi connectivity index (χ4n) is 1.85. The van der Waals surface area contributed by atoms with Crippen molar-refractivity contribution in [2.75, 3.05) is 5.73 Å². The Morgan fingerprint density at radius 1 is 1.16 bits per heavy atom. The van der Waals surface area contributed by atoms with E-state index in [4.69, 9.17) is 17.3 Å². The highest BCUT2D eigenvalue weighted by molar-refractivity contribution is 6.35. The van der Waals surface area contributed by atoms with Crippen molar-refractivity contribution in [1.82, 2.24) is 14.5 Å². The van der Waals surface area contributed by atoms with Gasteiger partial charge in [-0.25, -0.2) is 9.97 Å². The molecule has 0 radical (unpaired) electrons. The normalized spacial score (nSPS) is 10.8. The van der Waals surface area contributed by atoms with Crippen LogP contribution in [0.5, 0.6) is 0 Å². The molecule has 3 aromatic rings. The molecule has 0 atom stereocenters. The van der Waals surface area contributed by atoms with Crippen molar-refractivity contribution in [2.45, 2.75) is 0 Å². The van der Waals surface area contributed by atoms with Crippen molar-refractivity contribution in [3.8, 4) is 5.69 Å². The number of pyridine rings is 1. The largest absolute Gasteiger partial charge is 0.384 e. The second-order valence-corrected chi connectivity index (χ2v) is 4.40. The van der Waals surface area contributed by atoms with E-state index in [0.29, 0.717) is 27.4 Å². The Hall–Kier alpha value is -2.40. The van der Waals surface area contributed by atoms with E-state index in [1.807, 2.05) is 0 Å². The van der Waals surface area contributed by atoms with Gasteiger partial charge in [-0.15, -0.1) is 0 Å². The average Bonchev–Trinajstić information content (AvgIpc) is 2.40. The lowest BCUT2D eigenvalue weighted by Crippen LogP contribution is -2.19. The quantitative estimate of drug-likeness (QED) is 0.735. The third-order valence-corrected chi connectivity index (χ3v) is 3.10. The number of nitrogen functional groups attached to an aromatic ring is 1. The summed E-state index contributed by atoms with van der Waals surface area (Å²) >= 11 is 6.06. The molecule has 1 aromatic carbocycles. The second-order valence-electron chi connectivity index (χ2n) is 3.99. The number of hydrogen-bond acceptors (Lipinski definition) is 4. The van der Waals surface area contributed by atoms with E-state index in [9.17, 15) is 4.79 Å². The average molecular weight is 273 g/mol. The van der Waals surface area contributed by atoms with E-state index in [2.05, 4.69) is 9.97 Å². The summed E-state index contributed by atoms with van der Waals surface area (Å²) in [7, 11) is 0. The van der Waals surface area contributed by atoms with Crippen LogP contribution >= 0.6 is 11.6 Å². The highest BCUT2D eigenvalue weighted by Crippen LogP contribution is 2.18. The van der Waals surface area contributed by atoms with E-state index in [0.717, 1.165) is 0 Å². The van der Waals surface area contributed by atoms with E-state index in [-0.39, 0.29) is 5.56 Å². The van der Waals surface area contributed by atoms with Crippen LogP contribution in [0.15, 0.2) is 47.7 Å². The zero-order valence-corrected chi connectivity index (χ0v) is 10.5. The number of rotatable bonds is 1. The summed E-state index contributed by atoms with van der Waals surface area (Å²) in [4.78, 5) is 20.6. The summed E-state index contributed by atoms with van der Waals surface area (Å²) in [5.74, 6) is 0.392. The minimum absolute atomic E-state index is 0.234. The fraction of sp³-hybridized carbons (Fsp3) is 0. The van der Waals surface area contributed by atoms with E-state index in [1.165, 1.54) is 17.1 Å². The molecule has 3 rings (SSSR count). The van der Waals surface area contributed by atoms with E-state index in [1.54, 1.807) is 30.3 Å². The first-order valence-corrected chi connectivity index (χ1v) is 5.92. The molecule has 0 fully saturated rings. The molecule has 2 N–H and O–H groups in total. The van der Waals surface area contributed by atoms with Gasteiger partial charge in [-0.1, -0.05) is 17.7 Å². The molecule has 0 amide bonds. The Bertz CT molecular complexity index is 811. The maximum atomic E-state index is 12.4. The lowest BCUT2D eigenvalue weighted by atomic mass is 10.2. The number of anilines is 1. The lowest BCUT2D eigenvalue weighted by molar-refractivity contribution is 0.954. The number of benzene rings is 1. The van der Waals surface area contributed by atoms with Crippen LogP contribution in [0.1, 0.15) is 0 Å². The van der Waals surface area contributed by atoms with Crippen LogP contribution in [-0.2, 0) is 0 Å². The van der Waals surface area contributed by atoms with Gasteiger partial charge in [0.1, 0.15) is 12.1 Å². The number of halogens is 1. The number of hydrogen-bond donors (Lipinski definition) is 1. The molecule has 0 aliphatic rings. The number of aromatic nitrogens is 3. The van der Waals surface area contributed by atoms with Crippen molar-refractivity contribution >= 4 is 28.3 Å². The molecule has 0 bridgehead atoms. The van der Waals surface area contributed by atoms with Crippen molar-refractivity contribution in [3.05, 3.63) is 58.2 Å². The third-order valence-electron chi connectivity index (χ3n) is 2.79. The molecule has 0 saturated heterocycles. The Morgan fingerprint density at radius 3 is 2.74 bits per heavy atom. The first kappa shape index (κ1) is 11.7. The lowest BCUT2D eigenvalue weighted by Gasteiger charge is -2.07. The Morgan fingerprint density at radius 2 is 2.00 bits per heavy atom. The molecule has 5 nitrogen and oxygen atoms in total. The van der Waals surface area contributed by atoms with Crippen LogP contribution in [-0.4, -0.2) is 14.5 Å². The minimum atomic E-state index is -0.234. The number of fused-ring (bicyclic) bond motifs is 1. The molecule has 0 saturated carbocycles. The van der Waals surface area contributed by atoms with Gasteiger partial charge in [0.2, 0.25) is 0 Å². The smallest absolute Gasteiger partial charge is 0.267 e. The van der Waals surface area contributed by atoms with Crippen LogP contribution in [0, 0.1) is 0 Å². The Balaban J connectivity index is 2.32. The van der Waals surface area contributed by atoms with Crippen molar-refractivity contribution in [1.29, 1.82) is 0 Å². The van der Waals surface area contributed by atoms with Gasteiger partial charge in [-0.05, 0) is 24.3 Å². The first-order valence-electron chi connectivity index (χ1n) is 5.54. The van der Waals surface area contributed by atoms with Crippen LogP contribution < -0.4 is 11.3 Å². The molecular formula is C13H9ClN4O. The highest BCUT2D eigenvalue weighted by atomic mass is 35.5. The molecule has 2 aromatic heterocycles. The van der Waals surface area contributed by atoms with Gasteiger partial charge < -0.3 is 5.73 Å². The zero-order valence-electron chi connectivity index (χ0n) is 9.75. The summed E-state index contributed by atoms with van der Waals surface area (Å²) in [5, 5.41) is 0.774. The van der Waals surface area contributed by atoms with Gasteiger partial charge >= 0.3 is 0 Å². The Labute approximate surface area is 113 Å². The van der Waals surface area contributed by atoms with Crippen molar-refractivity contribution in [2.24, 2.45) is 0 Å². The van der Waals surface area contributed by atoms with Crippen molar-refractivity contribution < 1.29 is 0 Å². The summed E-state index contributed by atoms with van der Waals surface area (Å²) in [5.41, 5.74) is 6.45. The minimum Gasteiger partial charge on any atom is -0.384 e. The van der Waals surface area contributed by atoms with Crippen LogP contribution in [0.4, 0.5) is 5.82 Å². The second kappa shape index (κ2) is 4.37. The molecular weight excluding hydrogens is 264 g/mol. The molecule has 0 aliphatic carbocycles. The predicted molar refractivity (Wildman–Crippen MR) is 74.6 cm³/mol. The molecule has 0 aliphatic heterocycles. The summed E-state index contributed by atoms with van der Waals surface area (Å²) in [6.07, 6.45) is 2.97. The van der Waals surface area contributed by atoms with E-state index >= 15 is 0 Å². The summed E-state index contributed by atoms with van der Waals surface area (Å²) < 4.78 is 1.39. The standard InChI is InChI=1S/C13H9ClN4O/c14-9-2-1-3-10-12(9)13(19)18(7-17-10)8-4-5-11(15)16-6-8/h1-7H,(H2,15,16). The fourth-order valence-corrected chi connectivity index (χ4v) is 2.10. The van der Waals surface area contributed by atoms with Crippen molar-refractivity contribution in [3.63, 3.8) is 0 Å². The van der Waals surface area contributed by atoms with Crippen LogP contribution in [0.25, 0.3) is 16.6 Å². The molecule has 0 unspecified atom stereocenters. The topological polar surface area (TPSA) is 73.8 Å². The van der Waals surface area contributed by atoms with Gasteiger partial charge in [-0.3, -0.25) is 9.36 Å². The molecule has 19 heavy (non-hydrogen) atoms. The number of nitrogens with two attached hydrogens (primary N) is 1. The monoisotopic (exact) mass is 272 g/mol. The summed E-state index contributed by atoms with van der Waals surface area (Å²) in [6.45, 7) is 0. The highest BCUT2D eigenvalue weighted by Gasteiger charge is 2.08. The third kappa shape index (κ3) is 1.94. The molecule has 2 heterocycles. The maximum Gasteiger partial charge on any atom is 0.267 e.